The van der Waals surface area contributed by atoms with Crippen LogP contribution in [0.4, 0.5) is 5.82 Å². The van der Waals surface area contributed by atoms with Gasteiger partial charge in [-0.2, -0.15) is 0 Å². The van der Waals surface area contributed by atoms with Crippen molar-refractivity contribution < 1.29 is 4.79 Å². The molecular weight excluding hydrogens is 304 g/mol. The van der Waals surface area contributed by atoms with Crippen LogP contribution >= 0.6 is 0 Å². The van der Waals surface area contributed by atoms with Crippen LogP contribution < -0.4 is 10.6 Å². The van der Waals surface area contributed by atoms with Crippen LogP contribution in [0.2, 0.25) is 0 Å². The van der Waals surface area contributed by atoms with Gasteiger partial charge in [-0.25, -0.2) is 4.98 Å². The number of hydrogen-bond acceptors (Lipinski definition) is 5. The summed E-state index contributed by atoms with van der Waals surface area (Å²) in [5.41, 5.74) is 8.49. The van der Waals surface area contributed by atoms with E-state index in [1.807, 2.05) is 17.7 Å². The van der Waals surface area contributed by atoms with Gasteiger partial charge in [-0.3, -0.25) is 4.79 Å². The largest absolute Gasteiger partial charge is 0.365 e. The molecule has 24 heavy (non-hydrogen) atoms. The highest BCUT2D eigenvalue weighted by atomic mass is 16.1. The maximum absolute atomic E-state index is 11.9. The Kier molecular flexibility index (Phi) is 3.70. The molecule has 1 aliphatic carbocycles. The summed E-state index contributed by atoms with van der Waals surface area (Å²) in [5, 5.41) is 8.21. The molecule has 126 valence electrons. The van der Waals surface area contributed by atoms with Gasteiger partial charge in [0.15, 0.2) is 0 Å². The zero-order valence-electron chi connectivity index (χ0n) is 13.9. The molecular formula is C17H22N6O. The second-order valence-electron chi connectivity index (χ2n) is 6.74. The van der Waals surface area contributed by atoms with Gasteiger partial charge >= 0.3 is 0 Å². The van der Waals surface area contributed by atoms with E-state index in [4.69, 9.17) is 10.7 Å². The lowest BCUT2D eigenvalue weighted by atomic mass is 9.95. The summed E-state index contributed by atoms with van der Waals surface area (Å²) in [6.45, 7) is 1.70. The Labute approximate surface area is 140 Å². The first-order valence-electron chi connectivity index (χ1n) is 8.55. The van der Waals surface area contributed by atoms with Crippen molar-refractivity contribution in [2.75, 3.05) is 18.0 Å². The molecule has 0 unspecified atom stereocenters. The Bertz CT molecular complexity index is 775. The average Bonchev–Trinajstić information content (AvgIpc) is 3.21. The number of carbonyl (C=O) groups is 1. The smallest absolute Gasteiger partial charge is 0.252 e. The van der Waals surface area contributed by atoms with E-state index >= 15 is 0 Å². The first-order valence-corrected chi connectivity index (χ1v) is 8.55. The van der Waals surface area contributed by atoms with Gasteiger partial charge in [0.05, 0.1) is 5.56 Å². The third-order valence-electron chi connectivity index (χ3n) is 5.20. The van der Waals surface area contributed by atoms with Crippen LogP contribution in [0.25, 0.3) is 0 Å². The van der Waals surface area contributed by atoms with Crippen molar-refractivity contribution in [3.05, 3.63) is 35.0 Å². The fourth-order valence-electron chi connectivity index (χ4n) is 3.89. The van der Waals surface area contributed by atoms with Crippen LogP contribution in [-0.2, 0) is 19.9 Å². The van der Waals surface area contributed by atoms with Crippen molar-refractivity contribution in [3.8, 4) is 0 Å². The van der Waals surface area contributed by atoms with Crippen LogP contribution in [0.15, 0.2) is 12.4 Å². The molecule has 0 aromatic carbocycles. The second kappa shape index (κ2) is 5.89. The number of piperidine rings is 1. The fraction of sp³-hybridized carbons (Fsp3) is 0.529. The Morgan fingerprint density at radius 2 is 2.08 bits per heavy atom. The van der Waals surface area contributed by atoms with Crippen LogP contribution in [0, 0.1) is 0 Å². The predicted octanol–water partition coefficient (Wildman–Crippen LogP) is 1.18. The SMILES string of the molecule is Cn1cnnc1C1CCN(c2nc3c(cc2C(N)=O)CCC3)CC1. The number of aryl methyl sites for hydroxylation is 3. The summed E-state index contributed by atoms with van der Waals surface area (Å²) in [4.78, 5) is 18.9. The number of rotatable bonds is 3. The number of primary amides is 1. The van der Waals surface area contributed by atoms with E-state index in [-0.39, 0.29) is 5.91 Å². The lowest BCUT2D eigenvalue weighted by molar-refractivity contribution is 0.100. The number of nitrogens with zero attached hydrogens (tertiary/aromatic N) is 5. The Morgan fingerprint density at radius 1 is 1.29 bits per heavy atom. The van der Waals surface area contributed by atoms with Crippen molar-refractivity contribution in [1.29, 1.82) is 0 Å². The molecule has 4 rings (SSSR count). The van der Waals surface area contributed by atoms with Crippen molar-refractivity contribution in [2.24, 2.45) is 12.8 Å². The molecule has 2 N–H and O–H groups in total. The summed E-state index contributed by atoms with van der Waals surface area (Å²) in [7, 11) is 1.98. The lowest BCUT2D eigenvalue weighted by Crippen LogP contribution is -2.36. The van der Waals surface area contributed by atoms with Gasteiger partial charge in [0.2, 0.25) is 0 Å². The van der Waals surface area contributed by atoms with E-state index in [1.165, 1.54) is 5.56 Å². The quantitative estimate of drug-likeness (QED) is 0.915. The molecule has 1 fully saturated rings. The second-order valence-corrected chi connectivity index (χ2v) is 6.74. The summed E-state index contributed by atoms with van der Waals surface area (Å²) >= 11 is 0. The normalized spacial score (nSPS) is 18.0. The monoisotopic (exact) mass is 326 g/mol. The molecule has 1 amide bonds. The molecule has 3 heterocycles. The minimum atomic E-state index is -0.386. The summed E-state index contributed by atoms with van der Waals surface area (Å²) in [5.74, 6) is 1.81. The van der Waals surface area contributed by atoms with Gasteiger partial charge in [0.1, 0.15) is 18.0 Å². The highest BCUT2D eigenvalue weighted by molar-refractivity contribution is 5.98. The van der Waals surface area contributed by atoms with Crippen molar-refractivity contribution in [1.82, 2.24) is 19.7 Å². The van der Waals surface area contributed by atoms with Gasteiger partial charge in [-0.15, -0.1) is 10.2 Å². The molecule has 2 aliphatic rings. The number of amides is 1. The minimum Gasteiger partial charge on any atom is -0.365 e. The average molecular weight is 326 g/mol. The standard InChI is InChI=1S/C17H22N6O/c1-22-10-19-21-16(22)11-5-7-23(8-6-11)17-13(15(18)24)9-12-3-2-4-14(12)20-17/h9-11H,2-8H2,1H3,(H2,18,24). The van der Waals surface area contributed by atoms with Gasteiger partial charge in [0.25, 0.3) is 5.91 Å². The molecule has 7 nitrogen and oxygen atoms in total. The van der Waals surface area contributed by atoms with Crippen LogP contribution in [-0.4, -0.2) is 38.7 Å². The van der Waals surface area contributed by atoms with E-state index in [1.54, 1.807) is 6.33 Å². The lowest BCUT2D eigenvalue weighted by Gasteiger charge is -2.33. The van der Waals surface area contributed by atoms with Crippen LogP contribution in [0.5, 0.6) is 0 Å². The topological polar surface area (TPSA) is 89.9 Å². The molecule has 0 bridgehead atoms. The third kappa shape index (κ3) is 2.53. The third-order valence-corrected chi connectivity index (χ3v) is 5.20. The highest BCUT2D eigenvalue weighted by Gasteiger charge is 2.28. The molecule has 1 aliphatic heterocycles. The fourth-order valence-corrected chi connectivity index (χ4v) is 3.89. The Hall–Kier alpha value is -2.44. The molecule has 0 saturated carbocycles. The van der Waals surface area contributed by atoms with Crippen LogP contribution in [0.3, 0.4) is 0 Å². The Balaban J connectivity index is 1.57. The number of fused-ring (bicyclic) bond motifs is 1. The molecule has 0 spiro atoms. The Morgan fingerprint density at radius 3 is 2.75 bits per heavy atom. The molecule has 7 heteroatoms. The number of nitrogens with two attached hydrogens (primary N) is 1. The van der Waals surface area contributed by atoms with E-state index < -0.39 is 0 Å². The van der Waals surface area contributed by atoms with Crippen molar-refractivity contribution in [3.63, 3.8) is 0 Å². The van der Waals surface area contributed by atoms with Crippen LogP contribution in [0.1, 0.15) is 52.6 Å². The number of anilines is 1. The number of aromatic nitrogens is 4. The first kappa shape index (κ1) is 15.1. The molecule has 2 aromatic heterocycles. The maximum atomic E-state index is 11.9. The molecule has 1 saturated heterocycles. The maximum Gasteiger partial charge on any atom is 0.252 e. The first-order chi connectivity index (χ1) is 11.6. The van der Waals surface area contributed by atoms with Gasteiger partial charge in [-0.05, 0) is 43.7 Å². The summed E-state index contributed by atoms with van der Waals surface area (Å²) in [6.07, 6.45) is 6.80. The molecule has 2 aromatic rings. The van der Waals surface area contributed by atoms with Crippen molar-refractivity contribution in [2.45, 2.75) is 38.0 Å². The number of pyridine rings is 1. The van der Waals surface area contributed by atoms with E-state index in [9.17, 15) is 4.79 Å². The summed E-state index contributed by atoms with van der Waals surface area (Å²) in [6, 6.07) is 1.96. The number of hydrogen-bond donors (Lipinski definition) is 1. The van der Waals surface area contributed by atoms with Gasteiger partial charge in [-0.1, -0.05) is 0 Å². The van der Waals surface area contributed by atoms with Gasteiger partial charge in [0, 0.05) is 31.7 Å². The minimum absolute atomic E-state index is 0.386. The highest BCUT2D eigenvalue weighted by Crippen LogP contribution is 2.32. The van der Waals surface area contributed by atoms with E-state index in [2.05, 4.69) is 15.1 Å². The number of carbonyl (C=O) groups excluding carboxylic acids is 1. The predicted molar refractivity (Wildman–Crippen MR) is 90.0 cm³/mol. The zero-order valence-corrected chi connectivity index (χ0v) is 13.9. The summed E-state index contributed by atoms with van der Waals surface area (Å²) < 4.78 is 1.99. The van der Waals surface area contributed by atoms with E-state index in [0.717, 1.165) is 62.5 Å². The molecule has 0 radical (unpaired) electrons. The molecule has 0 atom stereocenters. The van der Waals surface area contributed by atoms with Gasteiger partial charge < -0.3 is 15.2 Å². The zero-order chi connectivity index (χ0) is 16.7. The van der Waals surface area contributed by atoms with E-state index in [0.29, 0.717) is 11.5 Å². The van der Waals surface area contributed by atoms with Crippen molar-refractivity contribution >= 4 is 11.7 Å².